The highest BCUT2D eigenvalue weighted by Gasteiger charge is 2.12. The molecular formula is C12H20N4. The van der Waals surface area contributed by atoms with Crippen molar-refractivity contribution in [2.45, 2.75) is 32.1 Å². The molecule has 4 nitrogen and oxygen atoms in total. The number of nitrogens with one attached hydrogen (secondary N) is 2. The average Bonchev–Trinajstić information content (AvgIpc) is 2.38. The van der Waals surface area contributed by atoms with Gasteiger partial charge in [0.2, 0.25) is 0 Å². The Labute approximate surface area is 96.9 Å². The number of aromatic nitrogens is 2. The summed E-state index contributed by atoms with van der Waals surface area (Å²) >= 11 is 0. The second-order valence-corrected chi connectivity index (χ2v) is 4.42. The zero-order valence-corrected chi connectivity index (χ0v) is 9.87. The Kier molecular flexibility index (Phi) is 3.97. The van der Waals surface area contributed by atoms with Gasteiger partial charge in [0.15, 0.2) is 0 Å². The van der Waals surface area contributed by atoms with E-state index in [9.17, 15) is 0 Å². The zero-order chi connectivity index (χ0) is 11.2. The molecule has 88 valence electrons. The first-order valence-electron chi connectivity index (χ1n) is 6.12. The molecule has 0 aliphatic heterocycles. The molecule has 1 saturated carbocycles. The van der Waals surface area contributed by atoms with Crippen LogP contribution in [0.15, 0.2) is 12.4 Å². The molecule has 1 aromatic heterocycles. The predicted octanol–water partition coefficient (Wildman–Crippen LogP) is 2.51. The molecular weight excluding hydrogens is 200 g/mol. The van der Waals surface area contributed by atoms with E-state index in [1.807, 2.05) is 7.05 Å². The van der Waals surface area contributed by atoms with E-state index < -0.39 is 0 Å². The summed E-state index contributed by atoms with van der Waals surface area (Å²) in [4.78, 5) is 8.52. The van der Waals surface area contributed by atoms with Crippen molar-refractivity contribution in [3.05, 3.63) is 12.4 Å². The summed E-state index contributed by atoms with van der Waals surface area (Å²) in [5, 5.41) is 6.37. The minimum Gasteiger partial charge on any atom is -0.372 e. The second-order valence-electron chi connectivity index (χ2n) is 4.42. The third-order valence-electron chi connectivity index (χ3n) is 3.19. The van der Waals surface area contributed by atoms with Crippen LogP contribution in [0.1, 0.15) is 32.1 Å². The van der Waals surface area contributed by atoms with Crippen molar-refractivity contribution >= 4 is 11.6 Å². The van der Waals surface area contributed by atoms with Crippen molar-refractivity contribution in [3.63, 3.8) is 0 Å². The highest BCUT2D eigenvalue weighted by Crippen LogP contribution is 2.23. The van der Waals surface area contributed by atoms with Gasteiger partial charge >= 0.3 is 0 Å². The van der Waals surface area contributed by atoms with Gasteiger partial charge in [0.05, 0.1) is 12.4 Å². The molecule has 0 atom stereocenters. The Balaban J connectivity index is 1.83. The molecule has 1 aliphatic carbocycles. The predicted molar refractivity (Wildman–Crippen MR) is 66.6 cm³/mol. The summed E-state index contributed by atoms with van der Waals surface area (Å²) in [6.45, 7) is 1.03. The van der Waals surface area contributed by atoms with Crippen LogP contribution in [0.4, 0.5) is 11.6 Å². The molecule has 0 saturated heterocycles. The maximum absolute atomic E-state index is 4.39. The van der Waals surface area contributed by atoms with Gasteiger partial charge in [0.1, 0.15) is 11.6 Å². The lowest BCUT2D eigenvalue weighted by Crippen LogP contribution is -2.17. The highest BCUT2D eigenvalue weighted by molar-refractivity contribution is 5.40. The van der Waals surface area contributed by atoms with Crippen molar-refractivity contribution in [2.24, 2.45) is 5.92 Å². The fourth-order valence-electron chi connectivity index (χ4n) is 2.21. The van der Waals surface area contributed by atoms with Crippen LogP contribution in [0.3, 0.4) is 0 Å². The molecule has 1 aromatic rings. The zero-order valence-electron chi connectivity index (χ0n) is 9.87. The van der Waals surface area contributed by atoms with Crippen LogP contribution in [-0.4, -0.2) is 23.6 Å². The van der Waals surface area contributed by atoms with Gasteiger partial charge in [-0.3, -0.25) is 4.98 Å². The first-order valence-corrected chi connectivity index (χ1v) is 6.12. The van der Waals surface area contributed by atoms with Crippen LogP contribution in [0, 0.1) is 5.92 Å². The van der Waals surface area contributed by atoms with Crippen molar-refractivity contribution in [1.29, 1.82) is 0 Å². The van der Waals surface area contributed by atoms with E-state index in [0.29, 0.717) is 0 Å². The molecule has 0 spiro atoms. The van der Waals surface area contributed by atoms with E-state index in [2.05, 4.69) is 20.6 Å². The lowest BCUT2D eigenvalue weighted by molar-refractivity contribution is 0.373. The molecule has 2 N–H and O–H groups in total. The van der Waals surface area contributed by atoms with E-state index in [4.69, 9.17) is 0 Å². The molecule has 1 heterocycles. The minimum atomic E-state index is 0.814. The highest BCUT2D eigenvalue weighted by atomic mass is 15.1. The molecule has 4 heteroatoms. The summed E-state index contributed by atoms with van der Waals surface area (Å²) in [6.07, 6.45) is 10.4. The standard InChI is InChI=1S/C12H20N4/c1-13-11-8-14-9-12(16-11)15-7-10-5-3-2-4-6-10/h8-10H,2-7H2,1H3,(H2,13,15,16). The maximum atomic E-state index is 4.39. The van der Waals surface area contributed by atoms with Crippen LogP contribution in [0.2, 0.25) is 0 Å². The summed E-state index contributed by atoms with van der Waals surface area (Å²) in [7, 11) is 1.86. The minimum absolute atomic E-state index is 0.814. The van der Waals surface area contributed by atoms with Crippen molar-refractivity contribution in [1.82, 2.24) is 9.97 Å². The third kappa shape index (κ3) is 3.08. The summed E-state index contributed by atoms with van der Waals surface area (Å²) < 4.78 is 0. The number of anilines is 2. The van der Waals surface area contributed by atoms with Gasteiger partial charge in [-0.05, 0) is 18.8 Å². The van der Waals surface area contributed by atoms with Gasteiger partial charge in [0, 0.05) is 13.6 Å². The summed E-state index contributed by atoms with van der Waals surface area (Å²) in [5.74, 6) is 2.50. The van der Waals surface area contributed by atoms with Crippen LogP contribution in [-0.2, 0) is 0 Å². The average molecular weight is 220 g/mol. The number of hydrogen-bond acceptors (Lipinski definition) is 4. The largest absolute Gasteiger partial charge is 0.372 e. The molecule has 0 aromatic carbocycles. The monoisotopic (exact) mass is 220 g/mol. The normalized spacial score (nSPS) is 17.1. The summed E-state index contributed by atoms with van der Waals surface area (Å²) in [5.41, 5.74) is 0. The Morgan fingerprint density at radius 1 is 1.19 bits per heavy atom. The second kappa shape index (κ2) is 5.68. The van der Waals surface area contributed by atoms with Gasteiger partial charge in [-0.25, -0.2) is 4.98 Å². The molecule has 1 aliphatic rings. The lowest BCUT2D eigenvalue weighted by Gasteiger charge is -2.21. The molecule has 0 radical (unpaired) electrons. The van der Waals surface area contributed by atoms with Gasteiger partial charge in [-0.1, -0.05) is 19.3 Å². The van der Waals surface area contributed by atoms with E-state index in [1.54, 1.807) is 12.4 Å². The fourth-order valence-corrected chi connectivity index (χ4v) is 2.21. The topological polar surface area (TPSA) is 49.8 Å². The molecule has 16 heavy (non-hydrogen) atoms. The van der Waals surface area contributed by atoms with E-state index >= 15 is 0 Å². The van der Waals surface area contributed by atoms with Crippen LogP contribution < -0.4 is 10.6 Å². The Morgan fingerprint density at radius 3 is 2.69 bits per heavy atom. The van der Waals surface area contributed by atoms with Gasteiger partial charge in [-0.15, -0.1) is 0 Å². The molecule has 1 fully saturated rings. The quantitative estimate of drug-likeness (QED) is 0.818. The van der Waals surface area contributed by atoms with Crippen LogP contribution in [0.5, 0.6) is 0 Å². The van der Waals surface area contributed by atoms with Crippen LogP contribution >= 0.6 is 0 Å². The third-order valence-corrected chi connectivity index (χ3v) is 3.19. The van der Waals surface area contributed by atoms with Gasteiger partial charge in [0.25, 0.3) is 0 Å². The van der Waals surface area contributed by atoms with Crippen LogP contribution in [0.25, 0.3) is 0 Å². The Hall–Kier alpha value is -1.32. The molecule has 0 unspecified atom stereocenters. The number of hydrogen-bond donors (Lipinski definition) is 2. The first kappa shape index (κ1) is 11.2. The number of rotatable bonds is 4. The van der Waals surface area contributed by atoms with Crippen molar-refractivity contribution in [2.75, 3.05) is 24.2 Å². The van der Waals surface area contributed by atoms with E-state index in [1.165, 1.54) is 32.1 Å². The van der Waals surface area contributed by atoms with Gasteiger partial charge < -0.3 is 10.6 Å². The van der Waals surface area contributed by atoms with Gasteiger partial charge in [-0.2, -0.15) is 0 Å². The fraction of sp³-hybridized carbons (Fsp3) is 0.667. The Bertz CT molecular complexity index is 321. The first-order chi connectivity index (χ1) is 7.88. The lowest BCUT2D eigenvalue weighted by atomic mass is 9.89. The number of nitrogens with zero attached hydrogens (tertiary/aromatic N) is 2. The van der Waals surface area contributed by atoms with Crippen molar-refractivity contribution in [3.8, 4) is 0 Å². The molecule has 0 amide bonds. The Morgan fingerprint density at radius 2 is 1.94 bits per heavy atom. The smallest absolute Gasteiger partial charge is 0.146 e. The maximum Gasteiger partial charge on any atom is 0.146 e. The molecule has 2 rings (SSSR count). The summed E-state index contributed by atoms with van der Waals surface area (Å²) in [6, 6.07) is 0. The molecule has 0 bridgehead atoms. The SMILES string of the molecule is CNc1cncc(NCC2CCCCC2)n1. The van der Waals surface area contributed by atoms with Crippen molar-refractivity contribution < 1.29 is 0 Å². The van der Waals surface area contributed by atoms with E-state index in [0.717, 1.165) is 24.1 Å². The van der Waals surface area contributed by atoms with E-state index in [-0.39, 0.29) is 0 Å².